The predicted molar refractivity (Wildman–Crippen MR) is 117 cm³/mol. The Kier molecular flexibility index (Phi) is 6.12. The zero-order chi connectivity index (χ0) is 22.5. The summed E-state index contributed by atoms with van der Waals surface area (Å²) >= 11 is 0. The number of carbonyl (C=O) groups excluding carboxylic acids is 1. The van der Waals surface area contributed by atoms with E-state index in [1.165, 1.54) is 28.7 Å². The molecule has 32 heavy (non-hydrogen) atoms. The van der Waals surface area contributed by atoms with Crippen LogP contribution < -0.4 is 20.3 Å². The number of amides is 1. The van der Waals surface area contributed by atoms with Crippen LogP contribution in [0.3, 0.4) is 0 Å². The quantitative estimate of drug-likeness (QED) is 0.480. The van der Waals surface area contributed by atoms with Crippen LogP contribution in [0.4, 0.5) is 10.1 Å². The first kappa shape index (κ1) is 21.0. The normalized spacial score (nSPS) is 10.7. The number of aryl methyl sites for hydroxylation is 1. The van der Waals surface area contributed by atoms with E-state index >= 15 is 0 Å². The first-order chi connectivity index (χ1) is 15.5. The smallest absolute Gasteiger partial charge is 0.262 e. The molecule has 0 saturated carbocycles. The molecule has 0 radical (unpaired) electrons. The van der Waals surface area contributed by atoms with Crippen molar-refractivity contribution in [2.24, 2.45) is 0 Å². The van der Waals surface area contributed by atoms with Crippen LogP contribution in [0.1, 0.15) is 11.3 Å². The number of rotatable bonds is 7. The summed E-state index contributed by atoms with van der Waals surface area (Å²) in [4.78, 5) is 29.0. The number of anilines is 1. The Morgan fingerprint density at radius 2 is 1.81 bits per heavy atom. The summed E-state index contributed by atoms with van der Waals surface area (Å²) in [5.74, 6) is -0.0653. The number of hydrogen-bond acceptors (Lipinski definition) is 5. The summed E-state index contributed by atoms with van der Waals surface area (Å²) in [6.07, 6.45) is 1.67. The molecule has 2 aromatic carbocycles. The fourth-order valence-corrected chi connectivity index (χ4v) is 3.11. The van der Waals surface area contributed by atoms with Crippen LogP contribution in [-0.2, 0) is 11.4 Å². The highest BCUT2D eigenvalue weighted by Gasteiger charge is 2.08. The fourth-order valence-electron chi connectivity index (χ4n) is 3.11. The Balaban J connectivity index is 1.38. The Morgan fingerprint density at radius 3 is 2.62 bits per heavy atom. The molecule has 1 amide bonds. The number of aromatic nitrogens is 2. The van der Waals surface area contributed by atoms with Crippen molar-refractivity contribution in [2.75, 3.05) is 11.9 Å². The minimum Gasteiger partial charge on any atom is -0.487 e. The number of halogens is 1. The lowest BCUT2D eigenvalue weighted by molar-refractivity contribution is -0.118. The molecule has 0 aliphatic heterocycles. The van der Waals surface area contributed by atoms with Gasteiger partial charge in [0.2, 0.25) is 0 Å². The number of nitrogens with one attached hydrogen (secondary N) is 1. The van der Waals surface area contributed by atoms with Crippen molar-refractivity contribution < 1.29 is 18.7 Å². The van der Waals surface area contributed by atoms with E-state index in [0.29, 0.717) is 22.8 Å². The van der Waals surface area contributed by atoms with Crippen LogP contribution >= 0.6 is 0 Å². The molecular weight excluding hydrogens is 413 g/mol. The van der Waals surface area contributed by atoms with Gasteiger partial charge >= 0.3 is 0 Å². The monoisotopic (exact) mass is 433 g/mol. The molecule has 1 N–H and O–H groups in total. The van der Waals surface area contributed by atoms with Gasteiger partial charge in [-0.15, -0.1) is 0 Å². The second-order valence-corrected chi connectivity index (χ2v) is 7.08. The van der Waals surface area contributed by atoms with Crippen molar-refractivity contribution in [3.63, 3.8) is 0 Å². The summed E-state index contributed by atoms with van der Waals surface area (Å²) < 4.78 is 25.7. The Morgan fingerprint density at radius 1 is 1.03 bits per heavy atom. The third-order valence-electron chi connectivity index (χ3n) is 4.61. The number of pyridine rings is 1. The van der Waals surface area contributed by atoms with Gasteiger partial charge in [0.05, 0.1) is 5.69 Å². The third kappa shape index (κ3) is 5.10. The fraction of sp³-hybridized carbons (Fsp3) is 0.125. The second-order valence-electron chi connectivity index (χ2n) is 7.08. The maximum atomic E-state index is 13.2. The molecule has 162 valence electrons. The van der Waals surface area contributed by atoms with Crippen molar-refractivity contribution in [3.8, 4) is 11.5 Å². The van der Waals surface area contributed by atoms with E-state index in [2.05, 4.69) is 10.3 Å². The molecule has 0 aliphatic carbocycles. The van der Waals surface area contributed by atoms with Gasteiger partial charge in [0, 0.05) is 30.1 Å². The lowest BCUT2D eigenvalue weighted by atomic mass is 10.3. The molecule has 4 aromatic rings. The van der Waals surface area contributed by atoms with Gasteiger partial charge in [-0.05, 0) is 42.8 Å². The van der Waals surface area contributed by atoms with E-state index < -0.39 is 11.7 Å². The van der Waals surface area contributed by atoms with Gasteiger partial charge in [-0.2, -0.15) is 0 Å². The Labute approximate surface area is 183 Å². The molecule has 0 saturated heterocycles. The molecule has 0 bridgehead atoms. The zero-order valence-electron chi connectivity index (χ0n) is 17.2. The molecule has 0 fully saturated rings. The minimum absolute atomic E-state index is 0.0974. The molecule has 8 heteroatoms. The molecule has 2 heterocycles. The number of nitrogens with zero attached hydrogens (tertiary/aromatic N) is 2. The van der Waals surface area contributed by atoms with E-state index in [4.69, 9.17) is 9.47 Å². The van der Waals surface area contributed by atoms with Crippen LogP contribution in [0.5, 0.6) is 11.5 Å². The lowest BCUT2D eigenvalue weighted by Gasteiger charge is -2.11. The summed E-state index contributed by atoms with van der Waals surface area (Å²) in [6.45, 7) is 1.72. The summed E-state index contributed by atoms with van der Waals surface area (Å²) in [5.41, 5.74) is 2.30. The van der Waals surface area contributed by atoms with Gasteiger partial charge in [-0.25, -0.2) is 9.37 Å². The van der Waals surface area contributed by atoms with Crippen LogP contribution in [0, 0.1) is 12.7 Å². The zero-order valence-corrected chi connectivity index (χ0v) is 17.2. The van der Waals surface area contributed by atoms with Crippen LogP contribution in [0.15, 0.2) is 77.7 Å². The SMILES string of the molecule is Cc1cccn2c(=O)cc(COc3cccc(NC(=O)COc4cccc(F)c4)c3)nc12. The largest absolute Gasteiger partial charge is 0.487 e. The number of carbonyl (C=O) groups is 1. The molecule has 0 spiro atoms. The van der Waals surface area contributed by atoms with Gasteiger partial charge in [0.1, 0.15) is 29.6 Å². The topological polar surface area (TPSA) is 81.9 Å². The van der Waals surface area contributed by atoms with Gasteiger partial charge < -0.3 is 14.8 Å². The number of benzene rings is 2. The van der Waals surface area contributed by atoms with Crippen molar-refractivity contribution >= 4 is 17.2 Å². The summed E-state index contributed by atoms with van der Waals surface area (Å²) in [5, 5.41) is 2.70. The summed E-state index contributed by atoms with van der Waals surface area (Å²) in [7, 11) is 0. The highest BCUT2D eigenvalue weighted by molar-refractivity contribution is 5.92. The first-order valence-corrected chi connectivity index (χ1v) is 9.87. The van der Waals surface area contributed by atoms with Gasteiger partial charge in [-0.1, -0.05) is 18.2 Å². The van der Waals surface area contributed by atoms with Crippen LogP contribution in [-0.4, -0.2) is 21.9 Å². The third-order valence-corrected chi connectivity index (χ3v) is 4.61. The van der Waals surface area contributed by atoms with Crippen LogP contribution in [0.25, 0.3) is 5.65 Å². The molecule has 2 aromatic heterocycles. The average Bonchev–Trinajstić information content (AvgIpc) is 2.77. The maximum Gasteiger partial charge on any atom is 0.262 e. The van der Waals surface area contributed by atoms with E-state index in [9.17, 15) is 14.0 Å². The van der Waals surface area contributed by atoms with E-state index in [1.54, 1.807) is 42.6 Å². The highest BCUT2D eigenvalue weighted by Crippen LogP contribution is 2.19. The Hall–Kier alpha value is -4.20. The van der Waals surface area contributed by atoms with Crippen molar-refractivity contribution in [3.05, 3.63) is 100 Å². The van der Waals surface area contributed by atoms with E-state index in [0.717, 1.165) is 5.56 Å². The molecule has 0 unspecified atom stereocenters. The minimum atomic E-state index is -0.438. The number of ether oxygens (including phenoxy) is 2. The number of hydrogen-bond donors (Lipinski definition) is 1. The summed E-state index contributed by atoms with van der Waals surface area (Å²) in [6, 6.07) is 17.5. The van der Waals surface area contributed by atoms with Gasteiger partial charge in [0.15, 0.2) is 6.61 Å². The van der Waals surface area contributed by atoms with Crippen LogP contribution in [0.2, 0.25) is 0 Å². The predicted octanol–water partition coefficient (Wildman–Crippen LogP) is 3.74. The molecule has 0 aliphatic rings. The van der Waals surface area contributed by atoms with E-state index in [1.807, 2.05) is 13.0 Å². The lowest BCUT2D eigenvalue weighted by Crippen LogP contribution is -2.20. The van der Waals surface area contributed by atoms with E-state index in [-0.39, 0.29) is 24.5 Å². The second kappa shape index (κ2) is 9.30. The van der Waals surface area contributed by atoms with Crippen molar-refractivity contribution in [1.82, 2.24) is 9.38 Å². The van der Waals surface area contributed by atoms with Gasteiger partial charge in [0.25, 0.3) is 11.5 Å². The average molecular weight is 433 g/mol. The Bertz CT molecular complexity index is 1340. The van der Waals surface area contributed by atoms with Crippen molar-refractivity contribution in [1.29, 1.82) is 0 Å². The standard InChI is InChI=1S/C24H20FN3O4/c1-16-5-4-10-28-23(30)13-19(27-24(16)28)14-31-21-9-3-7-18(12-21)26-22(29)15-32-20-8-2-6-17(25)11-20/h2-13H,14-15H2,1H3,(H,26,29). The molecule has 0 atom stereocenters. The first-order valence-electron chi connectivity index (χ1n) is 9.87. The molecule has 4 rings (SSSR count). The highest BCUT2D eigenvalue weighted by atomic mass is 19.1. The molecule has 7 nitrogen and oxygen atoms in total. The maximum absolute atomic E-state index is 13.2. The molecular formula is C24H20FN3O4. The number of fused-ring (bicyclic) bond motifs is 1. The van der Waals surface area contributed by atoms with Crippen molar-refractivity contribution in [2.45, 2.75) is 13.5 Å². The van der Waals surface area contributed by atoms with Gasteiger partial charge in [-0.3, -0.25) is 14.0 Å².